The van der Waals surface area contributed by atoms with Gasteiger partial charge in [-0.3, -0.25) is 4.84 Å². The summed E-state index contributed by atoms with van der Waals surface area (Å²) in [6.45, 7) is 3.82. The van der Waals surface area contributed by atoms with Gasteiger partial charge in [0.25, 0.3) is 0 Å². The van der Waals surface area contributed by atoms with Gasteiger partial charge in [0.05, 0.1) is 13.7 Å². The van der Waals surface area contributed by atoms with Gasteiger partial charge in [-0.15, -0.1) is 0 Å². The number of hydrogen-bond donors (Lipinski definition) is 0. The van der Waals surface area contributed by atoms with Crippen LogP contribution >= 0.6 is 0 Å². The average molecular weight is 277 g/mol. The van der Waals surface area contributed by atoms with Gasteiger partial charge in [0.15, 0.2) is 6.29 Å². The van der Waals surface area contributed by atoms with Crippen LogP contribution in [0.15, 0.2) is 30.3 Å². The van der Waals surface area contributed by atoms with Crippen LogP contribution in [0.5, 0.6) is 0 Å². The highest BCUT2D eigenvalue weighted by Crippen LogP contribution is 2.39. The Morgan fingerprint density at radius 3 is 2.60 bits per heavy atom. The van der Waals surface area contributed by atoms with Crippen molar-refractivity contribution in [3.63, 3.8) is 0 Å². The quantitative estimate of drug-likeness (QED) is 0.619. The zero-order valence-corrected chi connectivity index (χ0v) is 12.0. The molecule has 1 aliphatic rings. The fourth-order valence-corrected chi connectivity index (χ4v) is 2.57. The maximum atomic E-state index is 12.1. The highest BCUT2D eigenvalue weighted by molar-refractivity contribution is 5.82. The lowest BCUT2D eigenvalue weighted by molar-refractivity contribution is -0.220. The molecular formula is C15H19NO4. The SMILES string of the molecule is COC(=O)[C@@]1(C)C[C@](C)(C=O)ON1Cc1ccccc1. The Bertz CT molecular complexity index is 504. The number of esters is 1. The summed E-state index contributed by atoms with van der Waals surface area (Å²) in [6.07, 6.45) is 1.00. The van der Waals surface area contributed by atoms with Crippen LogP contribution in [0.25, 0.3) is 0 Å². The van der Waals surface area contributed by atoms with Crippen molar-refractivity contribution in [2.45, 2.75) is 38.0 Å². The monoisotopic (exact) mass is 277 g/mol. The van der Waals surface area contributed by atoms with E-state index in [2.05, 4.69) is 0 Å². The molecule has 0 bridgehead atoms. The maximum absolute atomic E-state index is 12.1. The summed E-state index contributed by atoms with van der Waals surface area (Å²) in [4.78, 5) is 29.0. The van der Waals surface area contributed by atoms with E-state index in [-0.39, 0.29) is 6.42 Å². The average Bonchev–Trinajstić information content (AvgIpc) is 2.72. The minimum Gasteiger partial charge on any atom is -0.468 e. The van der Waals surface area contributed by atoms with Gasteiger partial charge in [-0.25, -0.2) is 4.79 Å². The van der Waals surface area contributed by atoms with E-state index >= 15 is 0 Å². The zero-order chi connectivity index (χ0) is 14.8. The summed E-state index contributed by atoms with van der Waals surface area (Å²) < 4.78 is 4.87. The van der Waals surface area contributed by atoms with Crippen LogP contribution in [0.2, 0.25) is 0 Å². The number of rotatable bonds is 4. The molecule has 1 aromatic rings. The fourth-order valence-electron chi connectivity index (χ4n) is 2.57. The number of ether oxygens (including phenoxy) is 1. The summed E-state index contributed by atoms with van der Waals surface area (Å²) in [5.74, 6) is -0.404. The summed E-state index contributed by atoms with van der Waals surface area (Å²) in [5.41, 5.74) is -0.976. The molecule has 0 saturated carbocycles. The number of hydrogen-bond acceptors (Lipinski definition) is 5. The van der Waals surface area contributed by atoms with Crippen molar-refractivity contribution >= 4 is 12.3 Å². The van der Waals surface area contributed by atoms with Gasteiger partial charge >= 0.3 is 5.97 Å². The molecule has 1 fully saturated rings. The van der Waals surface area contributed by atoms with Crippen LogP contribution in [0, 0.1) is 0 Å². The lowest BCUT2D eigenvalue weighted by Gasteiger charge is -2.29. The summed E-state index contributed by atoms with van der Waals surface area (Å²) in [5, 5.41) is 1.54. The number of carbonyl (C=O) groups is 2. The lowest BCUT2D eigenvalue weighted by Crippen LogP contribution is -2.47. The molecule has 2 rings (SSSR count). The van der Waals surface area contributed by atoms with E-state index in [1.807, 2.05) is 30.3 Å². The van der Waals surface area contributed by atoms with Gasteiger partial charge < -0.3 is 9.53 Å². The first kappa shape index (κ1) is 14.7. The second-order valence-corrected chi connectivity index (χ2v) is 5.49. The second-order valence-electron chi connectivity index (χ2n) is 5.49. The van der Waals surface area contributed by atoms with Crippen LogP contribution in [0.3, 0.4) is 0 Å². The van der Waals surface area contributed by atoms with Gasteiger partial charge in [-0.2, -0.15) is 5.06 Å². The lowest BCUT2D eigenvalue weighted by atomic mass is 9.89. The third kappa shape index (κ3) is 2.59. The number of benzene rings is 1. The Hall–Kier alpha value is -1.72. The van der Waals surface area contributed by atoms with Crippen molar-refractivity contribution in [2.75, 3.05) is 7.11 Å². The van der Waals surface area contributed by atoms with Crippen molar-refractivity contribution < 1.29 is 19.2 Å². The minimum atomic E-state index is -1.00. The Morgan fingerprint density at radius 1 is 1.40 bits per heavy atom. The van der Waals surface area contributed by atoms with Crippen molar-refractivity contribution in [2.24, 2.45) is 0 Å². The van der Waals surface area contributed by atoms with E-state index in [1.165, 1.54) is 7.11 Å². The van der Waals surface area contributed by atoms with Crippen LogP contribution < -0.4 is 0 Å². The third-order valence-corrected chi connectivity index (χ3v) is 3.61. The molecule has 0 radical (unpaired) electrons. The van der Waals surface area contributed by atoms with Gasteiger partial charge in [-0.1, -0.05) is 30.3 Å². The van der Waals surface area contributed by atoms with Crippen molar-refractivity contribution in [3.05, 3.63) is 35.9 Å². The van der Waals surface area contributed by atoms with Gasteiger partial charge in [0.2, 0.25) is 0 Å². The molecule has 0 spiro atoms. The smallest absolute Gasteiger partial charge is 0.328 e. The number of aldehydes is 1. The zero-order valence-electron chi connectivity index (χ0n) is 12.0. The third-order valence-electron chi connectivity index (χ3n) is 3.61. The molecule has 1 saturated heterocycles. The Balaban J connectivity index is 2.28. The summed E-state index contributed by atoms with van der Waals surface area (Å²) in [7, 11) is 1.34. The van der Waals surface area contributed by atoms with E-state index in [9.17, 15) is 9.59 Å². The van der Waals surface area contributed by atoms with Gasteiger partial charge in [-0.05, 0) is 19.4 Å². The molecule has 108 valence electrons. The first-order valence-electron chi connectivity index (χ1n) is 6.49. The van der Waals surface area contributed by atoms with E-state index in [4.69, 9.17) is 9.57 Å². The molecule has 20 heavy (non-hydrogen) atoms. The molecule has 0 aromatic heterocycles. The highest BCUT2D eigenvalue weighted by atomic mass is 16.7. The van der Waals surface area contributed by atoms with Gasteiger partial charge in [0.1, 0.15) is 11.1 Å². The van der Waals surface area contributed by atoms with E-state index in [1.54, 1.807) is 18.9 Å². The Morgan fingerprint density at radius 2 is 2.05 bits per heavy atom. The molecule has 0 aliphatic carbocycles. The number of methoxy groups -OCH3 is 1. The molecule has 0 unspecified atom stereocenters. The van der Waals surface area contributed by atoms with Crippen LogP contribution in [0.4, 0.5) is 0 Å². The highest BCUT2D eigenvalue weighted by Gasteiger charge is 2.55. The molecule has 1 aliphatic heterocycles. The minimum absolute atomic E-state index is 0.267. The van der Waals surface area contributed by atoms with E-state index in [0.29, 0.717) is 6.54 Å². The molecule has 2 atom stereocenters. The maximum Gasteiger partial charge on any atom is 0.328 e. The normalized spacial score (nSPS) is 30.1. The van der Waals surface area contributed by atoms with Crippen molar-refractivity contribution in [1.29, 1.82) is 0 Å². The summed E-state index contributed by atoms with van der Waals surface area (Å²) >= 11 is 0. The first-order valence-corrected chi connectivity index (χ1v) is 6.49. The molecular weight excluding hydrogens is 258 g/mol. The van der Waals surface area contributed by atoms with Crippen LogP contribution in [0.1, 0.15) is 25.8 Å². The van der Waals surface area contributed by atoms with E-state index < -0.39 is 17.1 Å². The number of carbonyl (C=O) groups excluding carboxylic acids is 2. The molecule has 1 aromatic carbocycles. The van der Waals surface area contributed by atoms with E-state index in [0.717, 1.165) is 11.8 Å². The van der Waals surface area contributed by atoms with Crippen molar-refractivity contribution in [3.8, 4) is 0 Å². The standard InChI is InChI=1S/C15H19NO4/c1-14(11-17)10-15(2,13(18)19-3)16(20-14)9-12-7-5-4-6-8-12/h4-8,11H,9-10H2,1-3H3/t14-,15-/m1/s1. The molecule has 5 heteroatoms. The van der Waals surface area contributed by atoms with Crippen LogP contribution in [-0.4, -0.2) is 35.6 Å². The van der Waals surface area contributed by atoms with Gasteiger partial charge in [0, 0.05) is 6.42 Å². The number of nitrogens with zero attached hydrogens (tertiary/aromatic N) is 1. The second kappa shape index (κ2) is 5.34. The molecule has 5 nitrogen and oxygen atoms in total. The molecule has 0 N–H and O–H groups in total. The van der Waals surface area contributed by atoms with Crippen LogP contribution in [-0.2, 0) is 25.7 Å². The molecule has 0 amide bonds. The largest absolute Gasteiger partial charge is 0.468 e. The predicted octanol–water partition coefficient (Wildman–Crippen LogP) is 1.71. The number of hydroxylamine groups is 2. The first-order chi connectivity index (χ1) is 9.43. The summed E-state index contributed by atoms with van der Waals surface area (Å²) in [6, 6.07) is 9.64. The predicted molar refractivity (Wildman–Crippen MR) is 72.6 cm³/mol. The topological polar surface area (TPSA) is 55.8 Å². The molecule has 1 heterocycles. The Labute approximate surface area is 118 Å². The van der Waals surface area contributed by atoms with Crippen molar-refractivity contribution in [1.82, 2.24) is 5.06 Å². The Kier molecular flexibility index (Phi) is 3.92. The fraction of sp³-hybridized carbons (Fsp3) is 0.467.